The van der Waals surface area contributed by atoms with Gasteiger partial charge in [-0.05, 0) is 17.7 Å². The molecule has 0 bridgehead atoms. The maximum Gasteiger partial charge on any atom is 0.327 e. The zero-order valence-electron chi connectivity index (χ0n) is 8.94. The number of aliphatic hydroxyl groups is 1. The van der Waals surface area contributed by atoms with E-state index >= 15 is 0 Å². The fourth-order valence-electron chi connectivity index (χ4n) is 1.32. The molecule has 0 aliphatic rings. The van der Waals surface area contributed by atoms with Crippen LogP contribution in [0.5, 0.6) is 0 Å². The molecule has 1 atom stereocenters. The molecule has 1 aromatic rings. The van der Waals surface area contributed by atoms with Gasteiger partial charge in [0.2, 0.25) is 0 Å². The molecule has 0 spiro atoms. The molecule has 0 aliphatic heterocycles. The number of esters is 1. The van der Waals surface area contributed by atoms with E-state index in [1.54, 1.807) is 0 Å². The van der Waals surface area contributed by atoms with Gasteiger partial charge in [-0.2, -0.15) is 0 Å². The molecular weight excluding hydrogens is 213 g/mol. The number of hydrogen-bond acceptors (Lipinski definition) is 4. The summed E-state index contributed by atoms with van der Waals surface area (Å²) in [5.41, 5.74) is 0.599. The first-order chi connectivity index (χ1) is 7.69. The second-order valence-electron chi connectivity index (χ2n) is 3.19. The van der Waals surface area contributed by atoms with Crippen molar-refractivity contribution in [3.05, 3.63) is 35.6 Å². The summed E-state index contributed by atoms with van der Waals surface area (Å²) in [5.74, 6) is -0.838. The molecule has 1 aromatic carbocycles. The van der Waals surface area contributed by atoms with Crippen LogP contribution in [0.4, 0.5) is 4.39 Å². The number of carbonyl (C=O) groups is 1. The average Bonchev–Trinajstić information content (AvgIpc) is 2.31. The molecular formula is C11H14FNO3. The highest BCUT2D eigenvalue weighted by Gasteiger charge is 2.20. The number of carbonyl (C=O) groups excluding carboxylic acids is 1. The number of nitrogens with one attached hydrogen (secondary N) is 1. The lowest BCUT2D eigenvalue weighted by molar-refractivity contribution is -0.143. The van der Waals surface area contributed by atoms with Crippen molar-refractivity contribution >= 4 is 5.97 Å². The number of rotatable bonds is 5. The summed E-state index contributed by atoms with van der Waals surface area (Å²) in [4.78, 5) is 11.4. The predicted octanol–water partition coefficient (Wildman–Crippen LogP) is 0.622. The minimum absolute atomic E-state index is 0.0886. The fourth-order valence-corrected chi connectivity index (χ4v) is 1.32. The molecule has 1 unspecified atom stereocenters. The molecule has 4 nitrogen and oxygen atoms in total. The maximum atomic E-state index is 12.7. The zero-order chi connectivity index (χ0) is 12.0. The highest BCUT2D eigenvalue weighted by atomic mass is 19.1. The third-order valence-electron chi connectivity index (χ3n) is 2.10. The Kier molecular flexibility index (Phi) is 4.88. The summed E-state index contributed by atoms with van der Waals surface area (Å²) in [6, 6.07) is 4.86. The van der Waals surface area contributed by atoms with E-state index in [1.165, 1.54) is 31.4 Å². The summed E-state index contributed by atoms with van der Waals surface area (Å²) in [6.07, 6.45) is 0. The number of aliphatic hydroxyl groups excluding tert-OH is 1. The van der Waals surface area contributed by atoms with Crippen molar-refractivity contribution in [2.75, 3.05) is 20.3 Å². The normalized spacial score (nSPS) is 12.2. The quantitative estimate of drug-likeness (QED) is 0.724. The van der Waals surface area contributed by atoms with Crippen LogP contribution in [0.2, 0.25) is 0 Å². The Labute approximate surface area is 93.0 Å². The number of hydrogen-bond donors (Lipinski definition) is 2. The van der Waals surface area contributed by atoms with E-state index in [-0.39, 0.29) is 19.0 Å². The van der Waals surface area contributed by atoms with E-state index in [9.17, 15) is 9.18 Å². The van der Waals surface area contributed by atoms with E-state index in [1.807, 2.05) is 0 Å². The Balaban J connectivity index is 2.82. The van der Waals surface area contributed by atoms with E-state index in [0.717, 1.165) is 0 Å². The number of methoxy groups -OCH3 is 1. The molecule has 1 rings (SSSR count). The summed E-state index contributed by atoms with van der Waals surface area (Å²) in [6.45, 7) is 0.172. The van der Waals surface area contributed by atoms with Crippen LogP contribution >= 0.6 is 0 Å². The smallest absolute Gasteiger partial charge is 0.327 e. The van der Waals surface area contributed by atoms with Crippen molar-refractivity contribution in [3.63, 3.8) is 0 Å². The van der Waals surface area contributed by atoms with E-state index < -0.39 is 12.0 Å². The molecule has 0 fully saturated rings. The maximum absolute atomic E-state index is 12.7. The number of benzene rings is 1. The lowest BCUT2D eigenvalue weighted by Crippen LogP contribution is -2.31. The molecule has 88 valence electrons. The summed E-state index contributed by atoms with van der Waals surface area (Å²) in [7, 11) is 1.28. The first-order valence-corrected chi connectivity index (χ1v) is 4.86. The van der Waals surface area contributed by atoms with Crippen molar-refractivity contribution in [2.24, 2.45) is 0 Å². The van der Waals surface area contributed by atoms with Crippen LogP contribution < -0.4 is 5.32 Å². The van der Waals surface area contributed by atoms with Gasteiger partial charge < -0.3 is 9.84 Å². The van der Waals surface area contributed by atoms with Gasteiger partial charge in [0.25, 0.3) is 0 Å². The van der Waals surface area contributed by atoms with Crippen LogP contribution in [0, 0.1) is 5.82 Å². The van der Waals surface area contributed by atoms with Gasteiger partial charge in [-0.3, -0.25) is 5.32 Å². The number of halogens is 1. The predicted molar refractivity (Wildman–Crippen MR) is 56.2 cm³/mol. The van der Waals surface area contributed by atoms with Crippen molar-refractivity contribution in [2.45, 2.75) is 6.04 Å². The van der Waals surface area contributed by atoms with Crippen LogP contribution in [-0.4, -0.2) is 31.3 Å². The van der Waals surface area contributed by atoms with E-state index in [2.05, 4.69) is 10.1 Å². The van der Waals surface area contributed by atoms with Crippen LogP contribution in [0.3, 0.4) is 0 Å². The topological polar surface area (TPSA) is 58.6 Å². The zero-order valence-corrected chi connectivity index (χ0v) is 8.94. The molecule has 5 heteroatoms. The standard InChI is InChI=1S/C11H14FNO3/c1-16-11(15)10(13-6-7-14)8-2-4-9(12)5-3-8/h2-5,10,13-14H,6-7H2,1H3. The fraction of sp³-hybridized carbons (Fsp3) is 0.364. The third kappa shape index (κ3) is 3.29. The van der Waals surface area contributed by atoms with Crippen molar-refractivity contribution in [1.29, 1.82) is 0 Å². The third-order valence-corrected chi connectivity index (χ3v) is 2.10. The van der Waals surface area contributed by atoms with Gasteiger partial charge in [0.15, 0.2) is 0 Å². The summed E-state index contributed by atoms with van der Waals surface area (Å²) in [5, 5.41) is 11.5. The molecule has 2 N–H and O–H groups in total. The lowest BCUT2D eigenvalue weighted by Gasteiger charge is -2.16. The number of ether oxygens (including phenoxy) is 1. The van der Waals surface area contributed by atoms with Crippen molar-refractivity contribution in [1.82, 2.24) is 5.32 Å². The molecule has 0 aromatic heterocycles. The monoisotopic (exact) mass is 227 g/mol. The molecule has 0 aliphatic carbocycles. The van der Waals surface area contributed by atoms with Gasteiger partial charge in [0.1, 0.15) is 11.9 Å². The van der Waals surface area contributed by atoms with Gasteiger partial charge in [0, 0.05) is 6.54 Å². The Morgan fingerprint density at radius 1 is 1.50 bits per heavy atom. The summed E-state index contributed by atoms with van der Waals surface area (Å²) < 4.78 is 17.3. The lowest BCUT2D eigenvalue weighted by atomic mass is 10.1. The molecule has 0 saturated heterocycles. The van der Waals surface area contributed by atoms with Gasteiger partial charge in [-0.15, -0.1) is 0 Å². The summed E-state index contributed by atoms with van der Waals surface area (Å²) >= 11 is 0. The SMILES string of the molecule is COC(=O)C(NCCO)c1ccc(F)cc1. The highest BCUT2D eigenvalue weighted by Crippen LogP contribution is 2.14. The van der Waals surface area contributed by atoms with Crippen molar-refractivity contribution in [3.8, 4) is 0 Å². The van der Waals surface area contributed by atoms with Crippen LogP contribution in [-0.2, 0) is 9.53 Å². The first-order valence-electron chi connectivity index (χ1n) is 4.86. The molecule has 0 saturated carbocycles. The largest absolute Gasteiger partial charge is 0.468 e. The van der Waals surface area contributed by atoms with E-state index in [0.29, 0.717) is 5.56 Å². The minimum atomic E-state index is -0.683. The van der Waals surface area contributed by atoms with Gasteiger partial charge in [-0.1, -0.05) is 12.1 Å². The Hall–Kier alpha value is -1.46. The second kappa shape index (κ2) is 6.19. The van der Waals surface area contributed by atoms with Crippen LogP contribution in [0.1, 0.15) is 11.6 Å². The van der Waals surface area contributed by atoms with Crippen LogP contribution in [0.15, 0.2) is 24.3 Å². The molecule has 0 amide bonds. The van der Waals surface area contributed by atoms with Crippen LogP contribution in [0.25, 0.3) is 0 Å². The van der Waals surface area contributed by atoms with Gasteiger partial charge in [0.05, 0.1) is 13.7 Å². The van der Waals surface area contributed by atoms with Crippen molar-refractivity contribution < 1.29 is 19.0 Å². The average molecular weight is 227 g/mol. The second-order valence-corrected chi connectivity index (χ2v) is 3.19. The Morgan fingerprint density at radius 2 is 2.12 bits per heavy atom. The first kappa shape index (κ1) is 12.6. The molecule has 0 heterocycles. The highest BCUT2D eigenvalue weighted by molar-refractivity contribution is 5.77. The van der Waals surface area contributed by atoms with Gasteiger partial charge in [-0.25, -0.2) is 9.18 Å². The molecule has 0 radical (unpaired) electrons. The Bertz CT molecular complexity index is 340. The minimum Gasteiger partial charge on any atom is -0.468 e. The Morgan fingerprint density at radius 3 is 2.62 bits per heavy atom. The van der Waals surface area contributed by atoms with E-state index in [4.69, 9.17) is 5.11 Å². The van der Waals surface area contributed by atoms with Gasteiger partial charge >= 0.3 is 5.97 Å². The molecule has 16 heavy (non-hydrogen) atoms.